The topological polar surface area (TPSA) is 94.8 Å². The van der Waals surface area contributed by atoms with Gasteiger partial charge < -0.3 is 10.2 Å². The van der Waals surface area contributed by atoms with Crippen LogP contribution in [0.4, 0.5) is 0 Å². The summed E-state index contributed by atoms with van der Waals surface area (Å²) in [5, 5.41) is 20.3. The van der Waals surface area contributed by atoms with E-state index in [1.165, 1.54) is 36.4 Å². The van der Waals surface area contributed by atoms with Crippen LogP contribution < -0.4 is 0 Å². The van der Waals surface area contributed by atoms with Gasteiger partial charge in [0.05, 0.1) is 10.0 Å². The first kappa shape index (κ1) is 22.0. The summed E-state index contributed by atoms with van der Waals surface area (Å²) in [7, 11) is -5.08. The number of phenolic OH excluding ortho intramolecular Hbond substituents is 2. The minimum absolute atomic E-state index is 0.00521. The third-order valence-corrected chi connectivity index (χ3v) is 7.09. The molecule has 10 heteroatoms. The van der Waals surface area contributed by atoms with E-state index in [9.17, 15) is 23.2 Å². The highest BCUT2D eigenvalue weighted by Crippen LogP contribution is 2.51. The van der Waals surface area contributed by atoms with Crippen molar-refractivity contribution >= 4 is 56.5 Å². The smallest absolute Gasteiger partial charge is 0.283 e. The van der Waals surface area contributed by atoms with Gasteiger partial charge in [-0.2, -0.15) is 8.42 Å². The molecule has 1 unspecified atom stereocenters. The molecule has 5 nitrogen and oxygen atoms in total. The van der Waals surface area contributed by atoms with Gasteiger partial charge in [-0.25, -0.2) is 0 Å². The number of hydrogen-bond donors (Lipinski definition) is 3. The van der Waals surface area contributed by atoms with Crippen LogP contribution in [0.1, 0.15) is 16.7 Å². The van der Waals surface area contributed by atoms with Crippen LogP contribution in [0, 0.1) is 0 Å². The van der Waals surface area contributed by atoms with Crippen LogP contribution in [0.5, 0.6) is 11.5 Å². The van der Waals surface area contributed by atoms with Gasteiger partial charge in [-0.1, -0.05) is 58.5 Å². The monoisotopic (exact) mass is 492 g/mol. The zero-order valence-electron chi connectivity index (χ0n) is 14.3. The lowest BCUT2D eigenvalue weighted by Crippen LogP contribution is -2.38. The molecule has 0 saturated heterocycles. The Kier molecular flexibility index (Phi) is 5.98. The fourth-order valence-electron chi connectivity index (χ4n) is 3.20. The zero-order valence-corrected chi connectivity index (χ0v) is 18.1. The molecule has 0 bridgehead atoms. The summed E-state index contributed by atoms with van der Waals surface area (Å²) in [5.74, 6) is -0.924. The molecule has 0 radical (unpaired) electrons. The average molecular weight is 494 g/mol. The van der Waals surface area contributed by atoms with Gasteiger partial charge in [0.15, 0.2) is 4.75 Å². The van der Waals surface area contributed by atoms with Gasteiger partial charge in [0.1, 0.15) is 11.5 Å². The molecule has 3 aromatic rings. The summed E-state index contributed by atoms with van der Waals surface area (Å²) < 4.78 is 34.0. The minimum atomic E-state index is -5.08. The molecule has 152 valence electrons. The average Bonchev–Trinajstić information content (AvgIpc) is 2.61. The molecule has 0 aliphatic carbocycles. The van der Waals surface area contributed by atoms with Crippen molar-refractivity contribution in [3.05, 3.63) is 91.4 Å². The summed E-state index contributed by atoms with van der Waals surface area (Å²) >= 11 is 24.5. The molecule has 0 aromatic heterocycles. The van der Waals surface area contributed by atoms with E-state index in [0.717, 1.165) is 18.2 Å². The Labute approximate surface area is 186 Å². The highest BCUT2D eigenvalue weighted by molar-refractivity contribution is 7.87. The molecule has 0 amide bonds. The van der Waals surface area contributed by atoms with Crippen molar-refractivity contribution < 1.29 is 23.2 Å². The number of phenols is 2. The van der Waals surface area contributed by atoms with E-state index in [0.29, 0.717) is 5.02 Å². The third kappa shape index (κ3) is 3.77. The second-order valence-electron chi connectivity index (χ2n) is 6.11. The van der Waals surface area contributed by atoms with Crippen LogP contribution in [0.2, 0.25) is 20.1 Å². The minimum Gasteiger partial charge on any atom is -0.508 e. The highest BCUT2D eigenvalue weighted by atomic mass is 35.5. The van der Waals surface area contributed by atoms with Gasteiger partial charge in [-0.3, -0.25) is 4.55 Å². The van der Waals surface area contributed by atoms with Crippen molar-refractivity contribution in [1.82, 2.24) is 0 Å². The van der Waals surface area contributed by atoms with E-state index in [1.807, 2.05) is 0 Å². The second kappa shape index (κ2) is 7.87. The van der Waals surface area contributed by atoms with Gasteiger partial charge in [0.2, 0.25) is 0 Å². The normalized spacial score (nSPS) is 13.8. The standard InChI is InChI=1S/C19H12Cl4O5S/c20-11-3-1-10(2-4-11)19(29(26,27)28,14-6-5-13(24)9-17(14)25)15-7-12(21)8-16(22)18(15)23/h1-9,24-25H,(H,26,27,28). The Morgan fingerprint density at radius 3 is 1.93 bits per heavy atom. The predicted molar refractivity (Wildman–Crippen MR) is 114 cm³/mol. The number of rotatable bonds is 4. The van der Waals surface area contributed by atoms with Crippen LogP contribution >= 0.6 is 46.4 Å². The summed E-state index contributed by atoms with van der Waals surface area (Å²) in [4.78, 5) is 0. The maximum absolute atomic E-state index is 13.0. The van der Waals surface area contributed by atoms with Gasteiger partial charge in [0.25, 0.3) is 10.1 Å². The Morgan fingerprint density at radius 1 is 0.759 bits per heavy atom. The molecule has 0 saturated carbocycles. The first-order chi connectivity index (χ1) is 13.5. The summed E-state index contributed by atoms with van der Waals surface area (Å²) in [5.41, 5.74) is -0.464. The third-order valence-electron chi connectivity index (χ3n) is 4.37. The van der Waals surface area contributed by atoms with Gasteiger partial charge in [-0.15, -0.1) is 0 Å². The Balaban J connectivity index is 2.61. The van der Waals surface area contributed by atoms with E-state index in [2.05, 4.69) is 0 Å². The van der Waals surface area contributed by atoms with Crippen LogP contribution in [0.3, 0.4) is 0 Å². The fraction of sp³-hybridized carbons (Fsp3) is 0.0526. The molecule has 0 fully saturated rings. The highest BCUT2D eigenvalue weighted by Gasteiger charge is 2.51. The lowest BCUT2D eigenvalue weighted by Gasteiger charge is -2.34. The van der Waals surface area contributed by atoms with E-state index < -0.39 is 20.6 Å². The van der Waals surface area contributed by atoms with E-state index in [4.69, 9.17) is 46.4 Å². The number of aromatic hydroxyl groups is 2. The SMILES string of the molecule is O=S(=O)(O)C(c1ccc(Cl)cc1)(c1ccc(O)cc1O)c1cc(Cl)cc(Cl)c1Cl. The molecule has 0 heterocycles. The Bertz CT molecular complexity index is 1200. The number of hydrogen-bond acceptors (Lipinski definition) is 4. The molecule has 3 aromatic carbocycles. The zero-order chi connectivity index (χ0) is 21.6. The number of halogens is 4. The molecule has 29 heavy (non-hydrogen) atoms. The van der Waals surface area contributed by atoms with E-state index in [-0.39, 0.29) is 37.5 Å². The summed E-state index contributed by atoms with van der Waals surface area (Å²) in [6.45, 7) is 0. The lowest BCUT2D eigenvalue weighted by molar-refractivity contribution is 0.431. The molecule has 0 aliphatic rings. The molecular weight excluding hydrogens is 482 g/mol. The maximum Gasteiger partial charge on any atom is 0.283 e. The fourth-order valence-corrected chi connectivity index (χ4v) is 5.45. The van der Waals surface area contributed by atoms with Crippen LogP contribution in [0.15, 0.2) is 54.6 Å². The van der Waals surface area contributed by atoms with Crippen molar-refractivity contribution in [2.75, 3.05) is 0 Å². The van der Waals surface area contributed by atoms with Crippen LogP contribution in [-0.2, 0) is 14.9 Å². The Hall–Kier alpha value is -1.67. The molecule has 1 atom stereocenters. The van der Waals surface area contributed by atoms with Gasteiger partial charge >= 0.3 is 0 Å². The first-order valence-corrected chi connectivity index (χ1v) is 10.8. The van der Waals surface area contributed by atoms with E-state index in [1.54, 1.807) is 0 Å². The van der Waals surface area contributed by atoms with Gasteiger partial charge in [-0.05, 0) is 42.0 Å². The maximum atomic E-state index is 13.0. The molecule has 3 N–H and O–H groups in total. The molecule has 0 spiro atoms. The molecule has 0 aliphatic heterocycles. The summed E-state index contributed by atoms with van der Waals surface area (Å²) in [6, 6.07) is 11.3. The van der Waals surface area contributed by atoms with Gasteiger partial charge in [0, 0.05) is 27.2 Å². The van der Waals surface area contributed by atoms with E-state index >= 15 is 0 Å². The quantitative estimate of drug-likeness (QED) is 0.239. The van der Waals surface area contributed by atoms with Crippen molar-refractivity contribution in [1.29, 1.82) is 0 Å². The lowest BCUT2D eigenvalue weighted by atomic mass is 9.83. The summed E-state index contributed by atoms with van der Waals surface area (Å²) in [6.07, 6.45) is 0. The van der Waals surface area contributed by atoms with Crippen LogP contribution in [-0.4, -0.2) is 23.2 Å². The Morgan fingerprint density at radius 2 is 1.38 bits per heavy atom. The predicted octanol–water partition coefficient (Wildman–Crippen LogP) is 5.89. The molecule has 3 rings (SSSR count). The van der Waals surface area contributed by atoms with Crippen molar-refractivity contribution in [3.8, 4) is 11.5 Å². The van der Waals surface area contributed by atoms with Crippen molar-refractivity contribution in [2.45, 2.75) is 4.75 Å². The first-order valence-electron chi connectivity index (χ1n) is 7.89. The van der Waals surface area contributed by atoms with Crippen molar-refractivity contribution in [3.63, 3.8) is 0 Å². The van der Waals surface area contributed by atoms with Crippen LogP contribution in [0.25, 0.3) is 0 Å². The number of benzene rings is 3. The largest absolute Gasteiger partial charge is 0.508 e. The second-order valence-corrected chi connectivity index (χ2v) is 9.33. The molecular formula is C19H12Cl4O5S. The van der Waals surface area contributed by atoms with Crippen molar-refractivity contribution in [2.24, 2.45) is 0 Å².